The van der Waals surface area contributed by atoms with Crippen molar-refractivity contribution >= 4 is 30.7 Å². The number of carbonyl (C=O) groups excluding carboxylic acids is 1. The number of carbonyl (C=O) groups is 1. The van der Waals surface area contributed by atoms with Crippen LogP contribution in [0.25, 0.3) is 0 Å². The molecule has 5 nitrogen and oxygen atoms in total. The van der Waals surface area contributed by atoms with Gasteiger partial charge in [0, 0.05) is 25.7 Å². The van der Waals surface area contributed by atoms with E-state index in [2.05, 4.69) is 40.7 Å². The highest BCUT2D eigenvalue weighted by molar-refractivity contribution is 5.85. The van der Waals surface area contributed by atoms with Gasteiger partial charge in [0.05, 0.1) is 13.2 Å². The van der Waals surface area contributed by atoms with Gasteiger partial charge in [-0.2, -0.15) is 0 Å². The van der Waals surface area contributed by atoms with Crippen LogP contribution in [0.3, 0.4) is 0 Å². The molecule has 1 aromatic rings. The molecule has 7 heteroatoms. The summed E-state index contributed by atoms with van der Waals surface area (Å²) < 4.78 is 5.36. The van der Waals surface area contributed by atoms with Gasteiger partial charge in [0.2, 0.25) is 5.91 Å². The Bertz CT molecular complexity index is 553. The van der Waals surface area contributed by atoms with Crippen molar-refractivity contribution in [3.8, 4) is 0 Å². The number of piperidine rings is 1. The van der Waals surface area contributed by atoms with Gasteiger partial charge in [-0.25, -0.2) is 0 Å². The van der Waals surface area contributed by atoms with Crippen LogP contribution in [-0.2, 0) is 22.6 Å². The molecule has 2 aliphatic heterocycles. The highest BCUT2D eigenvalue weighted by Crippen LogP contribution is 2.20. The minimum absolute atomic E-state index is 0. The number of hydrogen-bond donors (Lipinski definition) is 2. The number of nitrogens with one attached hydrogen (secondary N) is 2. The lowest BCUT2D eigenvalue weighted by Gasteiger charge is -2.33. The molecule has 2 atom stereocenters. The van der Waals surface area contributed by atoms with Gasteiger partial charge >= 0.3 is 0 Å². The van der Waals surface area contributed by atoms with E-state index in [0.717, 1.165) is 13.1 Å². The maximum atomic E-state index is 12.3. The summed E-state index contributed by atoms with van der Waals surface area (Å²) in [5.74, 6) is 0.0239. The summed E-state index contributed by atoms with van der Waals surface area (Å²) in [6, 6.07) is 8.86. The molecule has 2 aliphatic rings. The number of rotatable bonds is 5. The SMILES string of the molecule is CC1CCCCN1Cc1ccccc1CNC(=O)C1COCCN1.Cl.Cl. The quantitative estimate of drug-likeness (QED) is 0.792. The Labute approximate surface area is 169 Å². The standard InChI is InChI=1S/C19H29N3O2.2ClH/c1-15-6-4-5-10-22(15)13-17-8-3-2-7-16(17)12-21-19(23)18-14-24-11-9-20-18;;/h2-3,7-8,15,18,20H,4-6,9-14H2,1H3,(H,21,23);2*1H. The molecule has 0 saturated carbocycles. The minimum atomic E-state index is -0.229. The molecule has 2 N–H and O–H groups in total. The van der Waals surface area contributed by atoms with Crippen LogP contribution < -0.4 is 10.6 Å². The number of ether oxygens (including phenoxy) is 1. The van der Waals surface area contributed by atoms with Gasteiger partial charge in [-0.15, -0.1) is 24.8 Å². The van der Waals surface area contributed by atoms with Gasteiger partial charge in [-0.1, -0.05) is 30.7 Å². The van der Waals surface area contributed by atoms with Crippen molar-refractivity contribution in [2.75, 3.05) is 26.3 Å². The van der Waals surface area contributed by atoms with Crippen LogP contribution in [0.15, 0.2) is 24.3 Å². The zero-order chi connectivity index (χ0) is 16.8. The predicted molar refractivity (Wildman–Crippen MR) is 109 cm³/mol. The van der Waals surface area contributed by atoms with E-state index in [1.54, 1.807) is 0 Å². The van der Waals surface area contributed by atoms with Gasteiger partial charge in [0.25, 0.3) is 0 Å². The Balaban J connectivity index is 0.00000169. The Morgan fingerprint density at radius 1 is 1.27 bits per heavy atom. The molecule has 0 radical (unpaired) electrons. The molecule has 1 amide bonds. The summed E-state index contributed by atoms with van der Waals surface area (Å²) in [5.41, 5.74) is 2.53. The van der Waals surface area contributed by atoms with Crippen molar-refractivity contribution in [2.45, 2.75) is 51.4 Å². The summed E-state index contributed by atoms with van der Waals surface area (Å²) in [6.45, 7) is 6.91. The molecule has 0 bridgehead atoms. The lowest BCUT2D eigenvalue weighted by Crippen LogP contribution is -2.51. The Morgan fingerprint density at radius 3 is 2.73 bits per heavy atom. The second-order valence-electron chi connectivity index (χ2n) is 6.88. The third-order valence-corrected chi connectivity index (χ3v) is 5.12. The number of nitrogens with zero attached hydrogens (tertiary/aromatic N) is 1. The number of hydrogen-bond acceptors (Lipinski definition) is 4. The molecule has 1 aromatic carbocycles. The first kappa shape index (κ1) is 23.2. The molecule has 2 fully saturated rings. The first-order chi connectivity index (χ1) is 11.7. The fourth-order valence-corrected chi connectivity index (χ4v) is 3.53. The highest BCUT2D eigenvalue weighted by atomic mass is 35.5. The summed E-state index contributed by atoms with van der Waals surface area (Å²) in [6.07, 6.45) is 3.91. The molecular formula is C19H31Cl2N3O2. The lowest BCUT2D eigenvalue weighted by molar-refractivity contribution is -0.126. The Hall–Kier alpha value is -0.850. The highest BCUT2D eigenvalue weighted by Gasteiger charge is 2.22. The van der Waals surface area contributed by atoms with Crippen LogP contribution in [0.1, 0.15) is 37.3 Å². The van der Waals surface area contributed by atoms with Crippen molar-refractivity contribution in [3.63, 3.8) is 0 Å². The third-order valence-electron chi connectivity index (χ3n) is 5.12. The van der Waals surface area contributed by atoms with Crippen LogP contribution in [0, 0.1) is 0 Å². The van der Waals surface area contributed by atoms with Gasteiger partial charge in [-0.3, -0.25) is 9.69 Å². The van der Waals surface area contributed by atoms with Crippen molar-refractivity contribution < 1.29 is 9.53 Å². The van der Waals surface area contributed by atoms with E-state index in [1.807, 2.05) is 6.07 Å². The van der Waals surface area contributed by atoms with Gasteiger partial charge < -0.3 is 15.4 Å². The molecule has 0 aromatic heterocycles. The molecular weight excluding hydrogens is 373 g/mol. The second-order valence-corrected chi connectivity index (χ2v) is 6.88. The van der Waals surface area contributed by atoms with Crippen molar-refractivity contribution in [1.29, 1.82) is 0 Å². The first-order valence-corrected chi connectivity index (χ1v) is 9.13. The van der Waals surface area contributed by atoms with E-state index < -0.39 is 0 Å². The van der Waals surface area contributed by atoms with Gasteiger partial charge in [0.1, 0.15) is 6.04 Å². The van der Waals surface area contributed by atoms with Crippen LogP contribution in [-0.4, -0.2) is 49.2 Å². The van der Waals surface area contributed by atoms with Crippen LogP contribution in [0.5, 0.6) is 0 Å². The zero-order valence-electron chi connectivity index (χ0n) is 15.4. The average Bonchev–Trinajstić information content (AvgIpc) is 2.63. The maximum Gasteiger partial charge on any atom is 0.239 e. The number of likely N-dealkylation sites (tertiary alicyclic amines) is 1. The van der Waals surface area contributed by atoms with Gasteiger partial charge in [-0.05, 0) is 37.4 Å². The summed E-state index contributed by atoms with van der Waals surface area (Å²) >= 11 is 0. The minimum Gasteiger partial charge on any atom is -0.378 e. The number of morpholine rings is 1. The van der Waals surface area contributed by atoms with Crippen LogP contribution >= 0.6 is 24.8 Å². The van der Waals surface area contributed by atoms with Crippen LogP contribution in [0.2, 0.25) is 0 Å². The topological polar surface area (TPSA) is 53.6 Å². The van der Waals surface area contributed by atoms with Gasteiger partial charge in [0.15, 0.2) is 0 Å². The maximum absolute atomic E-state index is 12.3. The van der Waals surface area contributed by atoms with Crippen molar-refractivity contribution in [1.82, 2.24) is 15.5 Å². The normalized spacial score (nSPS) is 23.4. The van der Waals surface area contributed by atoms with Crippen molar-refractivity contribution in [2.24, 2.45) is 0 Å². The molecule has 148 valence electrons. The number of amides is 1. The van der Waals surface area contributed by atoms with E-state index in [9.17, 15) is 4.79 Å². The smallest absolute Gasteiger partial charge is 0.239 e. The molecule has 2 saturated heterocycles. The molecule has 26 heavy (non-hydrogen) atoms. The molecule has 3 rings (SSSR count). The fourth-order valence-electron chi connectivity index (χ4n) is 3.53. The Kier molecular flexibility index (Phi) is 10.5. The lowest BCUT2D eigenvalue weighted by atomic mass is 10.0. The van der Waals surface area contributed by atoms with Crippen LogP contribution in [0.4, 0.5) is 0 Å². The van der Waals surface area contributed by atoms with Crippen molar-refractivity contribution in [3.05, 3.63) is 35.4 Å². The van der Waals surface area contributed by atoms with E-state index >= 15 is 0 Å². The Morgan fingerprint density at radius 2 is 2.04 bits per heavy atom. The predicted octanol–water partition coefficient (Wildman–Crippen LogP) is 2.51. The summed E-state index contributed by atoms with van der Waals surface area (Å²) in [7, 11) is 0. The van der Waals surface area contributed by atoms with E-state index in [4.69, 9.17) is 4.74 Å². The average molecular weight is 404 g/mol. The number of benzene rings is 1. The third kappa shape index (κ3) is 6.39. The molecule has 0 aliphatic carbocycles. The molecule has 0 spiro atoms. The molecule has 2 unspecified atom stereocenters. The number of halogens is 2. The summed E-state index contributed by atoms with van der Waals surface area (Å²) in [4.78, 5) is 14.8. The molecule has 2 heterocycles. The first-order valence-electron chi connectivity index (χ1n) is 9.13. The van der Waals surface area contributed by atoms with E-state index in [-0.39, 0.29) is 36.8 Å². The van der Waals surface area contributed by atoms with E-state index in [1.165, 1.54) is 36.9 Å². The second kappa shape index (κ2) is 11.8. The zero-order valence-corrected chi connectivity index (χ0v) is 17.0. The largest absolute Gasteiger partial charge is 0.378 e. The fraction of sp³-hybridized carbons (Fsp3) is 0.632. The van der Waals surface area contributed by atoms with E-state index in [0.29, 0.717) is 25.8 Å². The summed E-state index contributed by atoms with van der Waals surface area (Å²) in [5, 5.41) is 6.25. The monoisotopic (exact) mass is 403 g/mol.